The van der Waals surface area contributed by atoms with Gasteiger partial charge in [-0.05, 0) is 29.9 Å². The van der Waals surface area contributed by atoms with Crippen molar-refractivity contribution >= 4 is 46.3 Å². The lowest BCUT2D eigenvalue weighted by molar-refractivity contribution is -0.00000596. The molecule has 0 radical (unpaired) electrons. The number of rotatable bonds is 14. The van der Waals surface area contributed by atoms with Gasteiger partial charge in [0.2, 0.25) is 0 Å². The average molecular weight is 501 g/mol. The number of hydrogen-bond donors (Lipinski definition) is 0. The van der Waals surface area contributed by atoms with Crippen LogP contribution in [0.5, 0.6) is 0 Å². The van der Waals surface area contributed by atoms with Crippen LogP contribution in [0, 0.1) is 0 Å². The normalized spacial score (nSPS) is 11.8. The van der Waals surface area contributed by atoms with Gasteiger partial charge in [0, 0.05) is 7.26 Å². The predicted molar refractivity (Wildman–Crippen MR) is 145 cm³/mol. The molecule has 168 valence electrons. The molecule has 0 heterocycles. The Morgan fingerprint density at radius 1 is 0.700 bits per heavy atom. The summed E-state index contributed by atoms with van der Waals surface area (Å²) in [4.78, 5) is 0. The van der Waals surface area contributed by atoms with Gasteiger partial charge < -0.3 is 12.4 Å². The molecule has 0 aliphatic rings. The maximum atomic E-state index is 6.53. The molecule has 0 nitrogen and oxygen atoms in total. The van der Waals surface area contributed by atoms with Crippen molar-refractivity contribution in [1.29, 1.82) is 0 Å². The third kappa shape index (κ3) is 8.26. The van der Waals surface area contributed by atoms with E-state index in [1.54, 1.807) is 0 Å². The topological polar surface area (TPSA) is 0 Å². The van der Waals surface area contributed by atoms with Crippen molar-refractivity contribution in [3.63, 3.8) is 0 Å². The van der Waals surface area contributed by atoms with Crippen LogP contribution in [0.3, 0.4) is 0 Å². The van der Waals surface area contributed by atoms with Crippen molar-refractivity contribution in [3.8, 4) is 0 Å². The summed E-state index contributed by atoms with van der Waals surface area (Å²) in [6.45, 7) is 7.04. The predicted octanol–water partition coefficient (Wildman–Crippen LogP) is 5.14. The average Bonchev–Trinajstić information content (AvgIpc) is 2.79. The first kappa shape index (κ1) is 28.2. The van der Waals surface area contributed by atoms with Crippen molar-refractivity contribution in [2.75, 3.05) is 24.0 Å². The summed E-state index contributed by atoms with van der Waals surface area (Å²) in [7, 11) is -0.959. The molecule has 2 aromatic rings. The zero-order valence-corrected chi connectivity index (χ0v) is 23.1. The SMILES string of the molecule is CCCC[P+](CCCC)(CCCC)CSP(=S)(c1ccccc1)c1ccccc1.[Cl-]. The quantitative estimate of drug-likeness (QED) is 0.329. The van der Waals surface area contributed by atoms with Gasteiger partial charge in [0.25, 0.3) is 0 Å². The van der Waals surface area contributed by atoms with Crippen LogP contribution in [0.15, 0.2) is 60.7 Å². The molecule has 0 aliphatic carbocycles. The van der Waals surface area contributed by atoms with E-state index in [0.717, 1.165) is 0 Å². The second-order valence-corrected chi connectivity index (χ2v) is 20.3. The fraction of sp³-hybridized carbons (Fsp3) is 0.520. The van der Waals surface area contributed by atoms with Gasteiger partial charge in [-0.3, -0.25) is 0 Å². The Bertz CT molecular complexity index is 672. The minimum atomic E-state index is -1.84. The first-order valence-electron chi connectivity index (χ1n) is 11.3. The molecule has 2 aromatic carbocycles. The van der Waals surface area contributed by atoms with E-state index in [1.165, 1.54) is 73.1 Å². The Morgan fingerprint density at radius 3 is 1.40 bits per heavy atom. The van der Waals surface area contributed by atoms with Gasteiger partial charge in [0.15, 0.2) is 0 Å². The number of halogens is 1. The number of unbranched alkanes of at least 4 members (excludes halogenated alkanes) is 3. The Labute approximate surface area is 201 Å². The molecule has 0 N–H and O–H groups in total. The Balaban J connectivity index is 0.00000450. The fourth-order valence-corrected chi connectivity index (χ4v) is 19.6. The first-order chi connectivity index (χ1) is 14.1. The number of hydrogen-bond acceptors (Lipinski definition) is 2. The molecular weight excluding hydrogens is 462 g/mol. The summed E-state index contributed by atoms with van der Waals surface area (Å²) in [5.41, 5.74) is 1.31. The molecule has 5 heteroatoms. The van der Waals surface area contributed by atoms with E-state index in [4.69, 9.17) is 11.8 Å². The van der Waals surface area contributed by atoms with E-state index in [-0.39, 0.29) is 12.4 Å². The summed E-state index contributed by atoms with van der Waals surface area (Å²) in [5.74, 6) is 0. The van der Waals surface area contributed by atoms with Crippen molar-refractivity contribution in [2.24, 2.45) is 0 Å². The Hall–Kier alpha value is 0.160. The van der Waals surface area contributed by atoms with Gasteiger partial charge in [0.1, 0.15) is 5.49 Å². The Kier molecular flexibility index (Phi) is 14.2. The Morgan fingerprint density at radius 2 is 1.07 bits per heavy atom. The van der Waals surface area contributed by atoms with Gasteiger partial charge in [-0.1, -0.05) is 124 Å². The molecule has 30 heavy (non-hydrogen) atoms. The van der Waals surface area contributed by atoms with E-state index in [9.17, 15) is 0 Å². The maximum Gasteiger partial charge on any atom is 0.110 e. The van der Waals surface area contributed by atoms with E-state index >= 15 is 0 Å². The zero-order chi connectivity index (χ0) is 21.0. The van der Waals surface area contributed by atoms with Crippen molar-refractivity contribution in [3.05, 3.63) is 60.7 Å². The third-order valence-corrected chi connectivity index (χ3v) is 20.0. The monoisotopic (exact) mass is 500 g/mol. The van der Waals surface area contributed by atoms with Crippen molar-refractivity contribution < 1.29 is 12.4 Å². The van der Waals surface area contributed by atoms with E-state index < -0.39 is 12.5 Å². The summed E-state index contributed by atoms with van der Waals surface area (Å²) in [5, 5.41) is 0.894. The lowest BCUT2D eigenvalue weighted by Gasteiger charge is -2.31. The summed E-state index contributed by atoms with van der Waals surface area (Å²) in [6, 6.07) is 21.9. The standard InChI is InChI=1S/C25H39P2S2.ClH/c1-4-7-20-26(21-8-5-2,22-9-6-3)23-29-27(28,24-16-12-10-13-17-24)25-18-14-11-15-19-25;/h10-19H,4-9,20-23H2,1-3H3;1H/q+1;/p-1. The van der Waals surface area contributed by atoms with E-state index in [1.807, 2.05) is 0 Å². The molecule has 0 atom stereocenters. The van der Waals surface area contributed by atoms with Gasteiger partial charge in [-0.2, -0.15) is 0 Å². The fourth-order valence-electron chi connectivity index (χ4n) is 3.76. The zero-order valence-electron chi connectivity index (χ0n) is 18.9. The molecule has 0 saturated heterocycles. The van der Waals surface area contributed by atoms with Crippen LogP contribution in [-0.4, -0.2) is 24.0 Å². The molecule has 0 aromatic heterocycles. The van der Waals surface area contributed by atoms with Gasteiger partial charge in [-0.15, -0.1) is 0 Å². The second kappa shape index (κ2) is 15.1. The maximum absolute atomic E-state index is 6.53. The lowest BCUT2D eigenvalue weighted by Crippen LogP contribution is -3.00. The second-order valence-electron chi connectivity index (χ2n) is 8.05. The lowest BCUT2D eigenvalue weighted by atomic mass is 10.4. The highest BCUT2D eigenvalue weighted by Crippen LogP contribution is 2.69. The highest BCUT2D eigenvalue weighted by atomic mass is 35.5. The molecule has 0 spiro atoms. The summed E-state index contributed by atoms with van der Waals surface area (Å²) < 4.78 is 0. The number of benzene rings is 2. The smallest absolute Gasteiger partial charge is 0.110 e. The van der Waals surface area contributed by atoms with Gasteiger partial charge in [-0.25, -0.2) is 0 Å². The molecular formula is C25H39ClP2S2. The van der Waals surface area contributed by atoms with Crippen LogP contribution < -0.4 is 23.0 Å². The minimum absolute atomic E-state index is 0. The van der Waals surface area contributed by atoms with Crippen molar-refractivity contribution in [1.82, 2.24) is 0 Å². The molecule has 0 bridgehead atoms. The van der Waals surface area contributed by atoms with Crippen LogP contribution in [0.25, 0.3) is 0 Å². The van der Waals surface area contributed by atoms with E-state index in [2.05, 4.69) is 92.8 Å². The van der Waals surface area contributed by atoms with Crippen LogP contribution in [0.1, 0.15) is 59.3 Å². The highest BCUT2D eigenvalue weighted by molar-refractivity contribution is 8.76. The van der Waals surface area contributed by atoms with Gasteiger partial charge in [0.05, 0.1) is 23.7 Å². The summed E-state index contributed by atoms with van der Waals surface area (Å²) >= 11 is 8.70. The minimum Gasteiger partial charge on any atom is -1.00 e. The van der Waals surface area contributed by atoms with Crippen LogP contribution in [0.4, 0.5) is 0 Å². The van der Waals surface area contributed by atoms with Gasteiger partial charge >= 0.3 is 0 Å². The molecule has 0 amide bonds. The first-order valence-corrected chi connectivity index (χ1v) is 18.2. The molecule has 2 rings (SSSR count). The van der Waals surface area contributed by atoms with Crippen LogP contribution in [0.2, 0.25) is 0 Å². The molecule has 0 saturated carbocycles. The summed E-state index contributed by atoms with van der Waals surface area (Å²) in [6.07, 6.45) is 12.5. The molecule has 0 fully saturated rings. The highest BCUT2D eigenvalue weighted by Gasteiger charge is 2.38. The molecule has 0 unspecified atom stereocenters. The van der Waals surface area contributed by atoms with E-state index in [0.29, 0.717) is 0 Å². The largest absolute Gasteiger partial charge is 1.00 e. The van der Waals surface area contributed by atoms with Crippen LogP contribution in [-0.2, 0) is 11.8 Å². The van der Waals surface area contributed by atoms with Crippen molar-refractivity contribution in [2.45, 2.75) is 59.3 Å². The third-order valence-electron chi connectivity index (χ3n) is 5.66. The molecule has 0 aliphatic heterocycles. The van der Waals surface area contributed by atoms with Crippen LogP contribution >= 0.6 is 23.9 Å².